The van der Waals surface area contributed by atoms with Crippen LogP contribution in [0, 0.1) is 26.5 Å². The third-order valence-electron chi connectivity index (χ3n) is 2.88. The highest BCUT2D eigenvalue weighted by Gasteiger charge is 2.27. The lowest BCUT2D eigenvalue weighted by Crippen LogP contribution is -2.14. The molecule has 1 unspecified atom stereocenters. The van der Waals surface area contributed by atoms with Crippen molar-refractivity contribution in [2.75, 3.05) is 0 Å². The normalized spacial score (nSPS) is 11.8. The van der Waals surface area contributed by atoms with E-state index in [4.69, 9.17) is 11.6 Å². The standard InChI is InChI=1S/C15H7ClF2INO/c16-12-3-1-2-9(14(12)18)11(7-20)15(21)10-5-4-8(17)6-13(10)19/h1-6,11H. The van der Waals surface area contributed by atoms with Gasteiger partial charge in [0.15, 0.2) is 5.78 Å². The van der Waals surface area contributed by atoms with E-state index in [1.807, 2.05) is 0 Å². The molecule has 0 aliphatic rings. The molecule has 6 heteroatoms. The summed E-state index contributed by atoms with van der Waals surface area (Å²) in [5.74, 6) is -3.21. The summed E-state index contributed by atoms with van der Waals surface area (Å²) in [6.45, 7) is 0. The van der Waals surface area contributed by atoms with Gasteiger partial charge in [-0.25, -0.2) is 8.78 Å². The predicted octanol–water partition coefficient (Wildman–Crippen LogP) is 4.71. The summed E-state index contributed by atoms with van der Waals surface area (Å²) in [6.07, 6.45) is 0. The van der Waals surface area contributed by atoms with E-state index in [-0.39, 0.29) is 16.1 Å². The lowest BCUT2D eigenvalue weighted by Gasteiger charge is -2.11. The largest absolute Gasteiger partial charge is 0.292 e. The Morgan fingerprint density at radius 2 is 2.00 bits per heavy atom. The van der Waals surface area contributed by atoms with Gasteiger partial charge in [-0.3, -0.25) is 4.79 Å². The van der Waals surface area contributed by atoms with Crippen molar-refractivity contribution in [1.82, 2.24) is 0 Å². The molecule has 0 saturated carbocycles. The second-order valence-electron chi connectivity index (χ2n) is 4.19. The lowest BCUT2D eigenvalue weighted by atomic mass is 9.91. The molecule has 2 nitrogen and oxygen atoms in total. The van der Waals surface area contributed by atoms with E-state index in [9.17, 15) is 18.8 Å². The van der Waals surface area contributed by atoms with E-state index in [0.29, 0.717) is 3.57 Å². The van der Waals surface area contributed by atoms with Gasteiger partial charge in [-0.05, 0) is 46.9 Å². The van der Waals surface area contributed by atoms with E-state index >= 15 is 0 Å². The van der Waals surface area contributed by atoms with Gasteiger partial charge in [0.05, 0.1) is 11.1 Å². The molecule has 0 N–H and O–H groups in total. The van der Waals surface area contributed by atoms with E-state index in [0.717, 1.165) is 6.07 Å². The summed E-state index contributed by atoms with van der Waals surface area (Å²) in [4.78, 5) is 12.4. The molecular formula is C15H7ClF2INO. The molecule has 1 atom stereocenters. The number of carbonyl (C=O) groups excluding carboxylic acids is 1. The van der Waals surface area contributed by atoms with Crippen molar-refractivity contribution in [3.63, 3.8) is 0 Å². The zero-order valence-corrected chi connectivity index (χ0v) is 13.3. The van der Waals surface area contributed by atoms with Gasteiger partial charge in [0.25, 0.3) is 0 Å². The summed E-state index contributed by atoms with van der Waals surface area (Å²) in [6, 6.07) is 9.50. The minimum Gasteiger partial charge on any atom is -0.292 e. The third kappa shape index (κ3) is 3.22. The van der Waals surface area contributed by atoms with Crippen LogP contribution in [0.25, 0.3) is 0 Å². The number of Topliss-reactive ketones (excluding diaryl/α,β-unsaturated/α-hetero) is 1. The summed E-state index contributed by atoms with van der Waals surface area (Å²) < 4.78 is 27.4. The maximum atomic E-state index is 14.0. The fourth-order valence-electron chi connectivity index (χ4n) is 1.86. The maximum absolute atomic E-state index is 14.0. The van der Waals surface area contributed by atoms with Crippen LogP contribution >= 0.6 is 34.2 Å². The Labute approximate surface area is 138 Å². The molecule has 0 spiro atoms. The van der Waals surface area contributed by atoms with Crippen LogP contribution < -0.4 is 0 Å². The van der Waals surface area contributed by atoms with Crippen molar-refractivity contribution in [2.24, 2.45) is 0 Å². The van der Waals surface area contributed by atoms with Crippen LogP contribution in [0.15, 0.2) is 36.4 Å². The molecule has 0 heterocycles. The van der Waals surface area contributed by atoms with E-state index < -0.39 is 23.3 Å². The van der Waals surface area contributed by atoms with Crippen LogP contribution in [0.2, 0.25) is 5.02 Å². The Morgan fingerprint density at radius 3 is 2.62 bits per heavy atom. The quantitative estimate of drug-likeness (QED) is 0.536. The van der Waals surface area contributed by atoms with Crippen LogP contribution in [0.4, 0.5) is 8.78 Å². The number of rotatable bonds is 3. The monoisotopic (exact) mass is 417 g/mol. The van der Waals surface area contributed by atoms with Crippen LogP contribution in [-0.2, 0) is 0 Å². The Kier molecular flexibility index (Phi) is 4.91. The fourth-order valence-corrected chi connectivity index (χ4v) is 2.78. The molecule has 0 radical (unpaired) electrons. The topological polar surface area (TPSA) is 40.9 Å². The van der Waals surface area contributed by atoms with Gasteiger partial charge in [0, 0.05) is 14.7 Å². The van der Waals surface area contributed by atoms with Gasteiger partial charge in [-0.15, -0.1) is 0 Å². The molecule has 0 aliphatic carbocycles. The number of benzene rings is 2. The first-order valence-corrected chi connectivity index (χ1v) is 7.24. The van der Waals surface area contributed by atoms with Crippen molar-refractivity contribution in [3.8, 4) is 6.07 Å². The summed E-state index contributed by atoms with van der Waals surface area (Å²) in [5, 5.41) is 9.06. The molecule has 0 saturated heterocycles. The fraction of sp³-hybridized carbons (Fsp3) is 0.0667. The zero-order chi connectivity index (χ0) is 15.6. The number of halogens is 4. The second kappa shape index (κ2) is 6.50. The van der Waals surface area contributed by atoms with Gasteiger partial charge in [0.1, 0.15) is 17.6 Å². The average Bonchev–Trinajstić information content (AvgIpc) is 2.44. The highest BCUT2D eigenvalue weighted by atomic mass is 127. The molecule has 0 fully saturated rings. The predicted molar refractivity (Wildman–Crippen MR) is 83.2 cm³/mol. The van der Waals surface area contributed by atoms with E-state index in [1.165, 1.54) is 30.3 Å². The first-order chi connectivity index (χ1) is 9.95. The highest BCUT2D eigenvalue weighted by molar-refractivity contribution is 14.1. The molecule has 0 aliphatic heterocycles. The van der Waals surface area contributed by atoms with Crippen molar-refractivity contribution < 1.29 is 13.6 Å². The van der Waals surface area contributed by atoms with Gasteiger partial charge in [-0.1, -0.05) is 23.7 Å². The lowest BCUT2D eigenvalue weighted by molar-refractivity contribution is 0.0976. The molecule has 2 rings (SSSR count). The first kappa shape index (κ1) is 15.9. The molecule has 0 aromatic heterocycles. The molecule has 106 valence electrons. The molecule has 2 aromatic rings. The summed E-state index contributed by atoms with van der Waals surface area (Å²) >= 11 is 7.47. The zero-order valence-electron chi connectivity index (χ0n) is 10.4. The summed E-state index contributed by atoms with van der Waals surface area (Å²) in [7, 11) is 0. The molecule has 2 aromatic carbocycles. The minimum absolute atomic E-state index is 0.0878. The SMILES string of the molecule is N#CC(C(=O)c1ccc(F)cc1I)c1cccc(Cl)c1F. The smallest absolute Gasteiger partial charge is 0.185 e. The van der Waals surface area contributed by atoms with Gasteiger partial charge in [0.2, 0.25) is 0 Å². The Bertz CT molecular complexity index is 758. The second-order valence-corrected chi connectivity index (χ2v) is 5.76. The molecule has 0 amide bonds. The number of hydrogen-bond acceptors (Lipinski definition) is 2. The molecule has 21 heavy (non-hydrogen) atoms. The van der Waals surface area contributed by atoms with E-state index in [2.05, 4.69) is 0 Å². The van der Waals surface area contributed by atoms with E-state index in [1.54, 1.807) is 28.7 Å². The van der Waals surface area contributed by atoms with Crippen molar-refractivity contribution in [1.29, 1.82) is 5.26 Å². The number of ketones is 1. The van der Waals surface area contributed by atoms with Gasteiger partial charge < -0.3 is 0 Å². The van der Waals surface area contributed by atoms with Crippen molar-refractivity contribution >= 4 is 40.0 Å². The van der Waals surface area contributed by atoms with Crippen LogP contribution in [-0.4, -0.2) is 5.78 Å². The van der Waals surface area contributed by atoms with Gasteiger partial charge in [-0.2, -0.15) is 5.26 Å². The number of carbonyl (C=O) groups is 1. The average molecular weight is 418 g/mol. The Morgan fingerprint density at radius 1 is 1.29 bits per heavy atom. The first-order valence-electron chi connectivity index (χ1n) is 5.78. The van der Waals surface area contributed by atoms with Crippen molar-refractivity contribution in [3.05, 3.63) is 67.8 Å². The van der Waals surface area contributed by atoms with Crippen LogP contribution in [0.3, 0.4) is 0 Å². The van der Waals surface area contributed by atoms with Crippen LogP contribution in [0.5, 0.6) is 0 Å². The Hall–Kier alpha value is -1.52. The number of hydrogen-bond donors (Lipinski definition) is 0. The number of nitriles is 1. The highest BCUT2D eigenvalue weighted by Crippen LogP contribution is 2.28. The minimum atomic E-state index is -1.33. The van der Waals surface area contributed by atoms with Crippen molar-refractivity contribution in [2.45, 2.75) is 5.92 Å². The summed E-state index contributed by atoms with van der Waals surface area (Å²) in [5.41, 5.74) is 0.0815. The maximum Gasteiger partial charge on any atom is 0.185 e. The van der Waals surface area contributed by atoms with Gasteiger partial charge >= 0.3 is 0 Å². The molecule has 0 bridgehead atoms. The molecular weight excluding hydrogens is 411 g/mol. The van der Waals surface area contributed by atoms with Crippen LogP contribution in [0.1, 0.15) is 21.8 Å². The number of nitrogens with zero attached hydrogens (tertiary/aromatic N) is 1. The third-order valence-corrected chi connectivity index (χ3v) is 4.06. The Balaban J connectivity index is 2.49.